The van der Waals surface area contributed by atoms with Crippen molar-refractivity contribution in [3.8, 4) is 101 Å². The van der Waals surface area contributed by atoms with E-state index in [2.05, 4.69) is 255 Å². The number of aromatic hydroxyl groups is 2. The van der Waals surface area contributed by atoms with E-state index in [4.69, 9.17) is 7.85 Å². The highest BCUT2D eigenvalue weighted by atomic mass is 16.4. The van der Waals surface area contributed by atoms with Crippen LogP contribution in [-0.2, 0) is 5.41 Å². The molecule has 10 heteroatoms. The Hall–Kier alpha value is -13.8. The van der Waals surface area contributed by atoms with E-state index in [1.807, 2.05) is 91.0 Å². The van der Waals surface area contributed by atoms with Crippen LogP contribution in [0.15, 0.2) is 352 Å². The van der Waals surface area contributed by atoms with Crippen molar-refractivity contribution in [3.63, 3.8) is 0 Å². The maximum absolute atomic E-state index is 11.0. The number of rotatable bonds is 15. The number of hydrogen-bond donors (Lipinski definition) is 6. The summed E-state index contributed by atoms with van der Waals surface area (Å²) in [4.78, 5) is 0. The summed E-state index contributed by atoms with van der Waals surface area (Å²) in [5.74, 6) is 0.337. The molecule has 0 aromatic heterocycles. The first kappa shape index (κ1) is 70.3. The number of phenols is 2. The van der Waals surface area contributed by atoms with Crippen molar-refractivity contribution in [2.75, 3.05) is 0 Å². The lowest BCUT2D eigenvalue weighted by molar-refractivity contribution is 0.425. The van der Waals surface area contributed by atoms with E-state index in [-0.39, 0.29) is 11.5 Å². The molecule has 0 saturated carbocycles. The lowest BCUT2D eigenvalue weighted by Crippen LogP contribution is -2.31. The minimum Gasteiger partial charge on any atom is -0.508 e. The molecular formula is C105H68B4O6. The average molecular weight is 1470 g/mol. The molecule has 115 heavy (non-hydrogen) atoms. The lowest BCUT2D eigenvalue weighted by Gasteiger charge is -2.37. The van der Waals surface area contributed by atoms with Gasteiger partial charge in [-0.3, -0.25) is 0 Å². The van der Waals surface area contributed by atoms with E-state index >= 15 is 0 Å². The van der Waals surface area contributed by atoms with Gasteiger partial charge in [0.1, 0.15) is 19.3 Å². The van der Waals surface area contributed by atoms with Gasteiger partial charge in [-0.15, -0.1) is 0 Å². The van der Waals surface area contributed by atoms with E-state index < -0.39 is 12.5 Å². The van der Waals surface area contributed by atoms with Crippen molar-refractivity contribution in [3.05, 3.63) is 441 Å². The summed E-state index contributed by atoms with van der Waals surface area (Å²) >= 11 is 0. The summed E-state index contributed by atoms with van der Waals surface area (Å²) in [6.07, 6.45) is 8.67. The van der Waals surface area contributed by atoms with Gasteiger partial charge in [-0.2, -0.15) is 0 Å². The van der Waals surface area contributed by atoms with E-state index in [1.54, 1.807) is 30.3 Å². The molecule has 0 spiro atoms. The Bertz CT molecular complexity index is 6780. The highest BCUT2D eigenvalue weighted by Gasteiger charge is 2.40. The van der Waals surface area contributed by atoms with E-state index in [0.717, 1.165) is 193 Å². The quantitative estimate of drug-likeness (QED) is 0.0449. The maximum Gasteiger partial charge on any atom is 0.488 e. The normalized spacial score (nSPS) is 14.3. The van der Waals surface area contributed by atoms with Crippen LogP contribution in [0.1, 0.15) is 89.0 Å². The minimum atomic E-state index is -1.63. The molecule has 0 fully saturated rings. The first-order valence-corrected chi connectivity index (χ1v) is 38.6. The van der Waals surface area contributed by atoms with Crippen molar-refractivity contribution in [2.45, 2.75) is 5.41 Å². The SMILES string of the molecule is [B]c1cccc(/C=C2\c3ccccc3-c3ccc(-c4ccc(C(c5ccc(-c6ccc7c(c6)/C(=C/c6cccc([B]O)c6)c6cc(O)ccc6-7)cc5)(c5ccc(-c6ccc7c(c6)/C(=C/c6cccc(B(O)O)c6)c6cc(O)ccc6-7)cc5)c5ccc(-c6ccc7c(c6)/C(=C/c6cccc([B]O)c6)c6ccccc6-7)cc5)cc4)cc32)c1. The predicted molar refractivity (Wildman–Crippen MR) is 476 cm³/mol. The zero-order valence-corrected chi connectivity index (χ0v) is 62.3. The van der Waals surface area contributed by atoms with E-state index in [1.165, 1.54) is 27.8 Å². The van der Waals surface area contributed by atoms with Gasteiger partial charge in [0.05, 0.1) is 5.41 Å². The molecular weight excluding hydrogens is 1400 g/mol. The first-order chi connectivity index (χ1) is 56.4. The maximum atomic E-state index is 11.0. The van der Waals surface area contributed by atoms with Crippen molar-refractivity contribution in [1.29, 1.82) is 0 Å². The Balaban J connectivity index is 0.758. The highest BCUT2D eigenvalue weighted by molar-refractivity contribution is 6.58. The molecule has 6 nitrogen and oxygen atoms in total. The Kier molecular flexibility index (Phi) is 17.6. The second-order valence-corrected chi connectivity index (χ2v) is 30.2. The van der Waals surface area contributed by atoms with Gasteiger partial charge < -0.3 is 30.3 Å². The molecule has 20 rings (SSSR count). The third-order valence-corrected chi connectivity index (χ3v) is 23.5. The van der Waals surface area contributed by atoms with Gasteiger partial charge >= 0.3 is 22.1 Å². The lowest BCUT2D eigenvalue weighted by atomic mass is 9.64. The Morgan fingerprint density at radius 2 is 0.522 bits per heavy atom. The molecule has 16 aromatic rings. The largest absolute Gasteiger partial charge is 0.508 e. The first-order valence-electron chi connectivity index (χ1n) is 38.6. The third kappa shape index (κ3) is 12.5. The molecule has 0 aliphatic heterocycles. The number of fused-ring (bicyclic) bond motifs is 12. The molecule has 4 aliphatic carbocycles. The predicted octanol–water partition coefficient (Wildman–Crippen LogP) is 19.4. The Labute approximate surface area is 671 Å². The Morgan fingerprint density at radius 3 is 0.861 bits per heavy atom. The standard InChI is InChI=1S/C105H68B4O6/c106-79-13-5-9-63(49-79)53-95-87-19-3-1-17-85(87)89-43-29-71(57-99(89)95)67-21-33-75(34-22-67)105(76-35-23-68(24-36-76)72-30-44-90-86-18-2-4-20-88(86)96(100(90)58-72)54-64-10-6-14-80(50-64)107-112,77-37-25-69(26-38-77)73-31-45-91-93-47-41-83(110)61-103(93)97(101(91)59-73)55-65-11-7-15-81(51-65)108-113)78-39-27-70(28-40-78)74-32-46-92-94-48-42-84(111)62-104(94)98(102(92)60-74)56-66-12-8-16-82(52-66)109(114)115/h1-62,110-115H/b95-53+,96-54+,97-55-,98-56-. The van der Waals surface area contributed by atoms with Crippen LogP contribution in [-0.4, -0.2) is 60.2 Å². The average Bonchev–Trinajstić information content (AvgIpc) is 1.66. The molecule has 6 N–H and O–H groups in total. The van der Waals surface area contributed by atoms with Gasteiger partial charge in [-0.25, -0.2) is 0 Å². The molecule has 1 atom stereocenters. The van der Waals surface area contributed by atoms with E-state index in [9.17, 15) is 30.3 Å². The molecule has 1 unspecified atom stereocenters. The van der Waals surface area contributed by atoms with Gasteiger partial charge in [-0.1, -0.05) is 320 Å². The molecule has 4 radical (unpaired) electrons. The van der Waals surface area contributed by atoms with Crippen LogP contribution < -0.4 is 21.9 Å². The molecule has 0 saturated heterocycles. The van der Waals surface area contributed by atoms with Crippen molar-refractivity contribution >= 4 is 98.4 Å². The second kappa shape index (κ2) is 28.7. The van der Waals surface area contributed by atoms with Crippen LogP contribution in [0.5, 0.6) is 11.5 Å². The van der Waals surface area contributed by atoms with Crippen LogP contribution in [0.4, 0.5) is 0 Å². The number of phenolic OH excluding ortho intramolecular Hbond substituents is 2. The van der Waals surface area contributed by atoms with Gasteiger partial charge in [0, 0.05) is 0 Å². The topological polar surface area (TPSA) is 121 Å². The second-order valence-electron chi connectivity index (χ2n) is 30.2. The fourth-order valence-electron chi connectivity index (χ4n) is 18.0. The van der Waals surface area contributed by atoms with Gasteiger partial charge in [0.15, 0.2) is 0 Å². The van der Waals surface area contributed by atoms with Crippen molar-refractivity contribution < 1.29 is 30.3 Å². The molecule has 0 heterocycles. The van der Waals surface area contributed by atoms with Crippen LogP contribution in [0.3, 0.4) is 0 Å². The monoisotopic (exact) mass is 1470 g/mol. The zero-order valence-electron chi connectivity index (χ0n) is 62.3. The highest BCUT2D eigenvalue weighted by Crippen LogP contribution is 2.54. The molecule has 0 amide bonds. The molecule has 0 bridgehead atoms. The molecule has 536 valence electrons. The smallest absolute Gasteiger partial charge is 0.488 e. The van der Waals surface area contributed by atoms with Gasteiger partial charge in [-0.05, 0) is 279 Å². The van der Waals surface area contributed by atoms with Crippen LogP contribution in [0.2, 0.25) is 0 Å². The zero-order chi connectivity index (χ0) is 77.6. The fraction of sp³-hybridized carbons (Fsp3) is 0.00952. The molecule has 16 aromatic carbocycles. The van der Waals surface area contributed by atoms with Crippen LogP contribution in [0.25, 0.3) is 136 Å². The Morgan fingerprint density at radius 1 is 0.243 bits per heavy atom. The third-order valence-electron chi connectivity index (χ3n) is 23.5. The summed E-state index contributed by atoms with van der Waals surface area (Å²) in [7, 11) is 7.02. The van der Waals surface area contributed by atoms with Crippen LogP contribution in [0, 0.1) is 0 Å². The van der Waals surface area contributed by atoms with E-state index in [0.29, 0.717) is 16.4 Å². The van der Waals surface area contributed by atoms with Gasteiger partial charge in [0.2, 0.25) is 0 Å². The number of hydrogen-bond acceptors (Lipinski definition) is 6. The molecule has 4 aliphatic rings. The summed E-state index contributed by atoms with van der Waals surface area (Å²) in [5.41, 5.74) is 39.3. The minimum absolute atomic E-state index is 0.154. The summed E-state index contributed by atoms with van der Waals surface area (Å²) in [6, 6.07) is 123. The summed E-state index contributed by atoms with van der Waals surface area (Å²) in [5, 5.41) is 62.6. The fourth-order valence-corrected chi connectivity index (χ4v) is 18.0. The van der Waals surface area contributed by atoms with Crippen molar-refractivity contribution in [1.82, 2.24) is 0 Å². The number of benzene rings is 16. The van der Waals surface area contributed by atoms with Crippen molar-refractivity contribution in [2.24, 2.45) is 0 Å². The summed E-state index contributed by atoms with van der Waals surface area (Å²) < 4.78 is 0. The van der Waals surface area contributed by atoms with Gasteiger partial charge in [0.25, 0.3) is 0 Å². The summed E-state index contributed by atoms with van der Waals surface area (Å²) in [6.45, 7) is 0. The van der Waals surface area contributed by atoms with Crippen LogP contribution >= 0.6 is 0 Å².